The van der Waals surface area contributed by atoms with Crippen LogP contribution in [-0.4, -0.2) is 31.5 Å². The molecule has 1 amide bonds. The van der Waals surface area contributed by atoms with Crippen LogP contribution in [0.3, 0.4) is 0 Å². The highest BCUT2D eigenvalue weighted by Crippen LogP contribution is 2.23. The summed E-state index contributed by atoms with van der Waals surface area (Å²) in [5.74, 6) is 6.03. The molecule has 5 aromatic rings. The maximum absolute atomic E-state index is 13.4. The number of nitrogens with zero attached hydrogens (tertiary/aromatic N) is 5. The van der Waals surface area contributed by atoms with E-state index >= 15 is 0 Å². The lowest BCUT2D eigenvalue weighted by atomic mass is 10.0. The number of anilines is 1. The van der Waals surface area contributed by atoms with E-state index in [0.29, 0.717) is 11.2 Å². The Morgan fingerprint density at radius 3 is 2.54 bits per heavy atom. The second kappa shape index (κ2) is 12.9. The normalized spacial score (nSPS) is 10.5. The summed E-state index contributed by atoms with van der Waals surface area (Å²) < 4.78 is 3.17. The molecule has 3 aromatic heterocycles. The zero-order chi connectivity index (χ0) is 29.4. The molecule has 0 fully saturated rings. The average molecular weight is 544 g/mol. The molecule has 0 bridgehead atoms. The van der Waals surface area contributed by atoms with Crippen molar-refractivity contribution in [3.63, 3.8) is 0 Å². The number of pyridine rings is 2. The summed E-state index contributed by atoms with van der Waals surface area (Å²) in [7, 11) is 1.62. The molecule has 41 heavy (non-hydrogen) atoms. The molecule has 0 aliphatic heterocycles. The van der Waals surface area contributed by atoms with Gasteiger partial charge in [-0.15, -0.1) is 0 Å². The Balaban J connectivity index is 0.000000234. The van der Waals surface area contributed by atoms with Gasteiger partial charge in [0, 0.05) is 48.2 Å². The smallest absolute Gasteiger partial charge is 0.264 e. The molecule has 0 aliphatic rings. The highest BCUT2D eigenvalue weighted by Gasteiger charge is 2.17. The Morgan fingerprint density at radius 2 is 1.88 bits per heavy atom. The molecular formula is C32H29N7O2. The van der Waals surface area contributed by atoms with Crippen molar-refractivity contribution in [2.24, 2.45) is 17.8 Å². The first-order chi connectivity index (χ1) is 19.8. The van der Waals surface area contributed by atoms with Crippen LogP contribution >= 0.6 is 0 Å². The number of amides is 1. The van der Waals surface area contributed by atoms with Crippen molar-refractivity contribution >= 4 is 34.5 Å². The molecule has 3 heterocycles. The second-order valence-electron chi connectivity index (χ2n) is 8.81. The Labute approximate surface area is 237 Å². The number of carbonyl (C=O) groups excluding carboxylic acids is 1. The summed E-state index contributed by atoms with van der Waals surface area (Å²) in [5.41, 5.74) is 14.1. The molecule has 0 radical (unpaired) electrons. The van der Waals surface area contributed by atoms with Crippen LogP contribution in [0.5, 0.6) is 0 Å². The number of nitrogen functional groups attached to an aromatic ring is 1. The predicted octanol–water partition coefficient (Wildman–Crippen LogP) is 4.34. The number of aliphatic imine (C=N–C) groups is 1. The van der Waals surface area contributed by atoms with Crippen molar-refractivity contribution in [1.29, 1.82) is 0 Å². The fourth-order valence-corrected chi connectivity index (χ4v) is 4.26. The molecule has 0 unspecified atom stereocenters. The van der Waals surface area contributed by atoms with Crippen LogP contribution in [0.1, 0.15) is 34.1 Å². The molecule has 4 N–H and O–H groups in total. The Bertz CT molecular complexity index is 1860. The van der Waals surface area contributed by atoms with E-state index < -0.39 is 5.91 Å². The van der Waals surface area contributed by atoms with Crippen molar-refractivity contribution in [2.75, 3.05) is 5.73 Å². The molecule has 9 nitrogen and oxygen atoms in total. The van der Waals surface area contributed by atoms with E-state index in [9.17, 15) is 9.59 Å². The van der Waals surface area contributed by atoms with Gasteiger partial charge in [0.15, 0.2) is 11.6 Å². The number of hydrogen-bond acceptors (Lipinski definition) is 6. The second-order valence-corrected chi connectivity index (χ2v) is 8.81. The number of primary amides is 1. The summed E-state index contributed by atoms with van der Waals surface area (Å²) in [6.07, 6.45) is 7.12. The number of carbonyl (C=O) groups is 1. The van der Waals surface area contributed by atoms with Crippen LogP contribution in [0, 0.1) is 11.8 Å². The molecule has 0 saturated heterocycles. The van der Waals surface area contributed by atoms with Crippen LogP contribution in [0.25, 0.3) is 16.5 Å². The number of hydrogen-bond donors (Lipinski definition) is 2. The first kappa shape index (κ1) is 28.3. The molecular weight excluding hydrogens is 514 g/mol. The number of fused-ring (bicyclic) bond motifs is 1. The van der Waals surface area contributed by atoms with Crippen molar-refractivity contribution < 1.29 is 4.79 Å². The number of para-hydroxylation sites is 1. The third kappa shape index (κ3) is 6.29. The molecule has 204 valence electrons. The lowest BCUT2D eigenvalue weighted by Gasteiger charge is -2.14. The highest BCUT2D eigenvalue weighted by molar-refractivity contribution is 6.02. The van der Waals surface area contributed by atoms with E-state index in [0.717, 1.165) is 34.3 Å². The molecule has 2 aromatic carbocycles. The fourth-order valence-electron chi connectivity index (χ4n) is 4.26. The third-order valence-electron chi connectivity index (χ3n) is 6.10. The summed E-state index contributed by atoms with van der Waals surface area (Å²) in [6.45, 7) is 5.52. The van der Waals surface area contributed by atoms with E-state index in [4.69, 9.17) is 11.5 Å². The topological polar surface area (TPSA) is 134 Å². The van der Waals surface area contributed by atoms with Crippen molar-refractivity contribution in [2.45, 2.75) is 13.3 Å². The molecule has 5 rings (SSSR count). The molecule has 0 saturated carbocycles. The fraction of sp³-hybridized carbons (Fsp3) is 0.0938. The number of aromatic nitrogens is 4. The van der Waals surface area contributed by atoms with Gasteiger partial charge >= 0.3 is 0 Å². The lowest BCUT2D eigenvalue weighted by molar-refractivity contribution is 0.100. The Morgan fingerprint density at radius 1 is 1.10 bits per heavy atom. The summed E-state index contributed by atoms with van der Waals surface area (Å²) in [4.78, 5) is 32.5. The maximum atomic E-state index is 13.4. The zero-order valence-corrected chi connectivity index (χ0v) is 22.8. The van der Waals surface area contributed by atoms with Crippen LogP contribution in [0.2, 0.25) is 0 Å². The number of benzene rings is 2. The van der Waals surface area contributed by atoms with Gasteiger partial charge in [-0.1, -0.05) is 61.8 Å². The van der Waals surface area contributed by atoms with Crippen LogP contribution in [-0.2, 0) is 13.5 Å². The van der Waals surface area contributed by atoms with E-state index in [1.165, 1.54) is 17.0 Å². The van der Waals surface area contributed by atoms with Crippen molar-refractivity contribution in [3.05, 3.63) is 125 Å². The van der Waals surface area contributed by atoms with Crippen LogP contribution in [0.15, 0.2) is 102 Å². The number of allylic oxidation sites excluding steroid dienone is 1. The molecule has 0 spiro atoms. The van der Waals surface area contributed by atoms with Crippen LogP contribution in [0.4, 0.5) is 11.6 Å². The maximum Gasteiger partial charge on any atom is 0.264 e. The minimum atomic E-state index is -0.646. The lowest BCUT2D eigenvalue weighted by Crippen LogP contribution is -2.22. The van der Waals surface area contributed by atoms with Crippen molar-refractivity contribution in [1.82, 2.24) is 19.3 Å². The van der Waals surface area contributed by atoms with E-state index in [-0.39, 0.29) is 16.9 Å². The van der Waals surface area contributed by atoms with Gasteiger partial charge in [0.2, 0.25) is 0 Å². The number of aryl methyl sites for hydroxylation is 2. The van der Waals surface area contributed by atoms with Gasteiger partial charge in [-0.25, -0.2) is 9.67 Å². The van der Waals surface area contributed by atoms with Gasteiger partial charge in [0.25, 0.3) is 11.5 Å². The minimum absolute atomic E-state index is 0.0355. The third-order valence-corrected chi connectivity index (χ3v) is 6.10. The molecule has 0 atom stereocenters. The van der Waals surface area contributed by atoms with Crippen molar-refractivity contribution in [3.8, 4) is 17.5 Å². The molecule has 0 aliphatic carbocycles. The monoisotopic (exact) mass is 543 g/mol. The summed E-state index contributed by atoms with van der Waals surface area (Å²) >= 11 is 0. The predicted molar refractivity (Wildman–Crippen MR) is 164 cm³/mol. The zero-order valence-electron chi connectivity index (χ0n) is 22.8. The Kier molecular flexibility index (Phi) is 8.87. The van der Waals surface area contributed by atoms with E-state index in [1.54, 1.807) is 24.0 Å². The van der Waals surface area contributed by atoms with Gasteiger partial charge in [0.1, 0.15) is 5.56 Å². The minimum Gasteiger partial charge on any atom is -0.381 e. The SMILES string of the molecule is C=C/C=N\c1c(C(N)=O)c(N)nn1C.CCc1cc2cccc(C#Cc3cccnc3)c2c(=O)n1-c1ccccc1. The molecule has 9 heteroatoms. The largest absolute Gasteiger partial charge is 0.381 e. The van der Waals surface area contributed by atoms with Gasteiger partial charge < -0.3 is 11.5 Å². The van der Waals surface area contributed by atoms with Gasteiger partial charge in [-0.3, -0.25) is 19.1 Å². The van der Waals surface area contributed by atoms with Crippen LogP contribution < -0.4 is 17.0 Å². The van der Waals surface area contributed by atoms with Gasteiger partial charge in [-0.2, -0.15) is 5.10 Å². The summed E-state index contributed by atoms with van der Waals surface area (Å²) in [6, 6.07) is 21.4. The van der Waals surface area contributed by atoms with Gasteiger partial charge in [-0.05, 0) is 48.2 Å². The van der Waals surface area contributed by atoms with E-state index in [1.807, 2.05) is 60.7 Å². The summed E-state index contributed by atoms with van der Waals surface area (Å²) in [5, 5.41) is 5.40. The Hall–Kier alpha value is -5.75. The number of rotatable bonds is 5. The van der Waals surface area contributed by atoms with E-state index in [2.05, 4.69) is 46.5 Å². The first-order valence-electron chi connectivity index (χ1n) is 12.8. The first-order valence-corrected chi connectivity index (χ1v) is 12.8. The highest BCUT2D eigenvalue weighted by atomic mass is 16.1. The average Bonchev–Trinajstić information content (AvgIpc) is 3.28. The standard InChI is InChI=1S/C24H18N2O.C8H11N5O/c1-2-21-16-20-10-6-9-19(14-13-18-8-7-15-25-17-18)23(20)24(27)26(21)22-11-4-3-5-12-22;1-3-4-11-8-5(7(10)14)6(9)12-13(8)2/h3-12,15-17H,2H2,1H3;3-4H,1H2,2H3,(H2,9,12)(H2,10,14)/b;11-4-. The quantitative estimate of drug-likeness (QED) is 0.251. The number of nitrogens with two attached hydrogens (primary N) is 2. The van der Waals surface area contributed by atoms with Gasteiger partial charge in [0.05, 0.1) is 5.39 Å².